The molecule has 0 aliphatic heterocycles. The first kappa shape index (κ1) is 11.9. The molecule has 2 aromatic heterocycles. The van der Waals surface area contributed by atoms with Crippen molar-refractivity contribution in [2.24, 2.45) is 0 Å². The maximum atomic E-state index is 10.6. The Hall–Kier alpha value is -2.21. The lowest BCUT2D eigenvalue weighted by Gasteiger charge is -1.95. The van der Waals surface area contributed by atoms with Crippen molar-refractivity contribution in [2.45, 2.75) is 12.8 Å². The van der Waals surface area contributed by atoms with E-state index in [0.717, 1.165) is 16.2 Å². The molecule has 0 radical (unpaired) electrons. The van der Waals surface area contributed by atoms with Crippen LogP contribution in [0.5, 0.6) is 0 Å². The van der Waals surface area contributed by atoms with Crippen molar-refractivity contribution in [3.05, 3.63) is 41.4 Å². The summed E-state index contributed by atoms with van der Waals surface area (Å²) in [5, 5.41) is 15.1. The molecular weight excluding hydrogens is 262 g/mol. The second kappa shape index (κ2) is 4.81. The van der Waals surface area contributed by atoms with Gasteiger partial charge in [0.25, 0.3) is 0 Å². The summed E-state index contributed by atoms with van der Waals surface area (Å²) in [5.41, 5.74) is 1.85. The van der Waals surface area contributed by atoms with E-state index in [1.165, 1.54) is 11.3 Å². The minimum absolute atomic E-state index is 0.104. The second-order valence-electron chi connectivity index (χ2n) is 4.12. The van der Waals surface area contributed by atoms with Crippen LogP contribution >= 0.6 is 11.3 Å². The predicted octanol–water partition coefficient (Wildman–Crippen LogP) is 2.48. The first-order chi connectivity index (χ1) is 9.24. The smallest absolute Gasteiger partial charge is 0.303 e. The number of carboxylic acid groups (broad SMARTS) is 1. The van der Waals surface area contributed by atoms with E-state index in [0.29, 0.717) is 12.2 Å². The number of aryl methyl sites for hydroxylation is 1. The van der Waals surface area contributed by atoms with Crippen molar-refractivity contribution in [3.8, 4) is 11.4 Å². The van der Waals surface area contributed by atoms with Crippen LogP contribution in [0, 0.1) is 0 Å². The third-order valence-corrected chi connectivity index (χ3v) is 3.64. The molecule has 1 aromatic carbocycles. The van der Waals surface area contributed by atoms with E-state index < -0.39 is 5.97 Å². The number of carbonyl (C=O) groups is 1. The zero-order valence-corrected chi connectivity index (χ0v) is 10.8. The summed E-state index contributed by atoms with van der Waals surface area (Å²) < 4.78 is 1.73. The first-order valence-corrected chi connectivity index (χ1v) is 6.72. The molecule has 2 heterocycles. The van der Waals surface area contributed by atoms with Crippen LogP contribution in [0.15, 0.2) is 35.7 Å². The lowest BCUT2D eigenvalue weighted by Crippen LogP contribution is -2.00. The second-order valence-corrected chi connectivity index (χ2v) is 4.95. The summed E-state index contributed by atoms with van der Waals surface area (Å²) in [7, 11) is 0. The SMILES string of the molecule is O=C(O)CCc1csc2nc(-c3ccccc3)nn12. The Bertz CT molecular complexity index is 718. The van der Waals surface area contributed by atoms with Crippen LogP contribution in [0.3, 0.4) is 0 Å². The average Bonchev–Trinajstić information content (AvgIpc) is 2.97. The van der Waals surface area contributed by atoms with Gasteiger partial charge < -0.3 is 5.11 Å². The largest absolute Gasteiger partial charge is 0.481 e. The average molecular weight is 273 g/mol. The summed E-state index contributed by atoms with van der Waals surface area (Å²) in [4.78, 5) is 15.9. The lowest BCUT2D eigenvalue weighted by molar-refractivity contribution is -0.136. The van der Waals surface area contributed by atoms with Crippen LogP contribution in [-0.4, -0.2) is 25.7 Å². The number of hydrogen-bond acceptors (Lipinski definition) is 4. The molecule has 3 aromatic rings. The molecule has 0 unspecified atom stereocenters. The predicted molar refractivity (Wildman–Crippen MR) is 72.3 cm³/mol. The van der Waals surface area contributed by atoms with Gasteiger partial charge in [-0.25, -0.2) is 4.52 Å². The topological polar surface area (TPSA) is 67.5 Å². The molecule has 6 heteroatoms. The standard InChI is InChI=1S/C13H11N3O2S/c17-11(18)7-6-10-8-19-13-14-12(15-16(10)13)9-4-2-1-3-5-9/h1-5,8H,6-7H2,(H,17,18). The van der Waals surface area contributed by atoms with Crippen molar-refractivity contribution >= 4 is 22.3 Å². The Morgan fingerprint density at radius 2 is 2.11 bits per heavy atom. The Morgan fingerprint density at radius 3 is 2.84 bits per heavy atom. The maximum Gasteiger partial charge on any atom is 0.303 e. The van der Waals surface area contributed by atoms with Gasteiger partial charge in [0.2, 0.25) is 4.96 Å². The van der Waals surface area contributed by atoms with Crippen LogP contribution in [0.4, 0.5) is 0 Å². The highest BCUT2D eigenvalue weighted by Gasteiger charge is 2.11. The number of carboxylic acids is 1. The van der Waals surface area contributed by atoms with Crippen molar-refractivity contribution in [2.75, 3.05) is 0 Å². The summed E-state index contributed by atoms with van der Waals surface area (Å²) in [6.07, 6.45) is 0.569. The molecular formula is C13H11N3O2S. The van der Waals surface area contributed by atoms with Gasteiger partial charge >= 0.3 is 5.97 Å². The quantitative estimate of drug-likeness (QED) is 0.793. The number of thiazole rings is 1. The molecule has 0 atom stereocenters. The van der Waals surface area contributed by atoms with Crippen molar-refractivity contribution in [1.29, 1.82) is 0 Å². The molecule has 19 heavy (non-hydrogen) atoms. The van der Waals surface area contributed by atoms with Gasteiger partial charge in [0.15, 0.2) is 5.82 Å². The minimum atomic E-state index is -0.803. The number of hydrogen-bond donors (Lipinski definition) is 1. The number of aliphatic carboxylic acids is 1. The monoisotopic (exact) mass is 273 g/mol. The highest BCUT2D eigenvalue weighted by molar-refractivity contribution is 7.15. The van der Waals surface area contributed by atoms with Gasteiger partial charge in [-0.1, -0.05) is 30.3 Å². The van der Waals surface area contributed by atoms with E-state index >= 15 is 0 Å². The third-order valence-electron chi connectivity index (χ3n) is 2.78. The van der Waals surface area contributed by atoms with Gasteiger partial charge in [0.05, 0.1) is 12.1 Å². The number of aromatic nitrogens is 3. The van der Waals surface area contributed by atoms with E-state index in [9.17, 15) is 4.79 Å². The maximum absolute atomic E-state index is 10.6. The van der Waals surface area contributed by atoms with E-state index in [2.05, 4.69) is 10.1 Å². The summed E-state index contributed by atoms with van der Waals surface area (Å²) in [6.45, 7) is 0. The van der Waals surface area contributed by atoms with E-state index in [1.807, 2.05) is 35.7 Å². The van der Waals surface area contributed by atoms with Gasteiger partial charge in [0.1, 0.15) is 0 Å². The highest BCUT2D eigenvalue weighted by Crippen LogP contribution is 2.21. The van der Waals surface area contributed by atoms with Gasteiger partial charge in [-0.3, -0.25) is 4.79 Å². The van der Waals surface area contributed by atoms with E-state index in [1.54, 1.807) is 4.52 Å². The molecule has 0 fully saturated rings. The normalized spacial score (nSPS) is 10.9. The lowest BCUT2D eigenvalue weighted by atomic mass is 10.2. The summed E-state index contributed by atoms with van der Waals surface area (Å²) in [6, 6.07) is 9.73. The van der Waals surface area contributed by atoms with Crippen molar-refractivity contribution < 1.29 is 9.90 Å². The molecule has 5 nitrogen and oxygen atoms in total. The molecule has 0 spiro atoms. The molecule has 0 saturated heterocycles. The van der Waals surface area contributed by atoms with Crippen LogP contribution < -0.4 is 0 Å². The zero-order valence-electron chi connectivity index (χ0n) is 9.98. The van der Waals surface area contributed by atoms with Gasteiger partial charge in [0, 0.05) is 17.4 Å². The third kappa shape index (κ3) is 2.34. The fraction of sp³-hybridized carbons (Fsp3) is 0.154. The molecule has 0 aliphatic rings. The van der Waals surface area contributed by atoms with Crippen molar-refractivity contribution in [1.82, 2.24) is 14.6 Å². The zero-order chi connectivity index (χ0) is 13.2. The number of nitrogens with zero attached hydrogens (tertiary/aromatic N) is 3. The van der Waals surface area contributed by atoms with Crippen LogP contribution in [-0.2, 0) is 11.2 Å². The van der Waals surface area contributed by atoms with E-state index in [4.69, 9.17) is 5.11 Å². The fourth-order valence-electron chi connectivity index (χ4n) is 1.84. The Kier molecular flexibility index (Phi) is 3.00. The molecule has 0 aliphatic carbocycles. The van der Waals surface area contributed by atoms with Crippen molar-refractivity contribution in [3.63, 3.8) is 0 Å². The Labute approximate surface area is 113 Å². The van der Waals surface area contributed by atoms with Crippen LogP contribution in [0.1, 0.15) is 12.1 Å². The van der Waals surface area contributed by atoms with Gasteiger partial charge in [-0.2, -0.15) is 4.98 Å². The Balaban J connectivity index is 1.96. The highest BCUT2D eigenvalue weighted by atomic mass is 32.1. The molecule has 96 valence electrons. The molecule has 1 N–H and O–H groups in total. The summed E-state index contributed by atoms with van der Waals surface area (Å²) in [5.74, 6) is -0.133. The number of benzene rings is 1. The van der Waals surface area contributed by atoms with Crippen LogP contribution in [0.2, 0.25) is 0 Å². The molecule has 0 bridgehead atoms. The summed E-state index contributed by atoms with van der Waals surface area (Å²) >= 11 is 1.48. The van der Waals surface area contributed by atoms with E-state index in [-0.39, 0.29) is 6.42 Å². The molecule has 0 amide bonds. The molecule has 0 saturated carbocycles. The van der Waals surface area contributed by atoms with Gasteiger partial charge in [-0.05, 0) is 0 Å². The molecule has 3 rings (SSSR count). The van der Waals surface area contributed by atoms with Crippen LogP contribution in [0.25, 0.3) is 16.3 Å². The Morgan fingerprint density at radius 1 is 1.32 bits per heavy atom. The minimum Gasteiger partial charge on any atom is -0.481 e. The first-order valence-electron chi connectivity index (χ1n) is 5.84. The number of rotatable bonds is 4. The fourth-order valence-corrected chi connectivity index (χ4v) is 2.70. The van der Waals surface area contributed by atoms with Gasteiger partial charge in [-0.15, -0.1) is 16.4 Å². The number of fused-ring (bicyclic) bond motifs is 1.